The molecule has 0 aliphatic heterocycles. The van der Waals surface area contributed by atoms with E-state index in [-0.39, 0.29) is 11.7 Å². The van der Waals surface area contributed by atoms with Crippen molar-refractivity contribution >= 4 is 40.9 Å². The summed E-state index contributed by atoms with van der Waals surface area (Å²) in [5.41, 5.74) is 1.66. The molecule has 0 bridgehead atoms. The molecule has 7 heteroatoms. The van der Waals surface area contributed by atoms with Crippen LogP contribution in [0.25, 0.3) is 5.69 Å². The van der Waals surface area contributed by atoms with Gasteiger partial charge in [0.15, 0.2) is 5.16 Å². The number of nitrogens with zero attached hydrogens (tertiary/aromatic N) is 2. The SMILES string of the molecule is CC(C)c1cnc(SCC(=O)O)n1-c1cccc(Cl)c1Cl. The molecule has 0 aliphatic rings. The van der Waals surface area contributed by atoms with Crippen LogP contribution >= 0.6 is 35.0 Å². The molecule has 0 saturated carbocycles. The van der Waals surface area contributed by atoms with Crippen LogP contribution in [0, 0.1) is 0 Å². The number of imidazole rings is 1. The van der Waals surface area contributed by atoms with E-state index in [4.69, 9.17) is 28.3 Å². The van der Waals surface area contributed by atoms with E-state index in [2.05, 4.69) is 4.98 Å². The second kappa shape index (κ2) is 6.73. The molecule has 1 N–H and O–H groups in total. The fraction of sp³-hybridized carbons (Fsp3) is 0.286. The summed E-state index contributed by atoms with van der Waals surface area (Å²) in [6, 6.07) is 5.36. The highest BCUT2D eigenvalue weighted by Gasteiger charge is 2.18. The zero-order valence-corrected chi connectivity index (χ0v) is 13.8. The van der Waals surface area contributed by atoms with Gasteiger partial charge in [-0.15, -0.1) is 0 Å². The molecule has 0 radical (unpaired) electrons. The minimum atomic E-state index is -0.891. The number of rotatable bonds is 5. The molecule has 21 heavy (non-hydrogen) atoms. The zero-order valence-electron chi connectivity index (χ0n) is 11.5. The van der Waals surface area contributed by atoms with E-state index >= 15 is 0 Å². The number of carboxylic acid groups (broad SMARTS) is 1. The molecule has 0 aliphatic carbocycles. The number of hydrogen-bond acceptors (Lipinski definition) is 3. The summed E-state index contributed by atoms with van der Waals surface area (Å²) in [6.07, 6.45) is 1.74. The number of aromatic nitrogens is 2. The first kappa shape index (κ1) is 16.2. The Morgan fingerprint density at radius 1 is 1.43 bits per heavy atom. The van der Waals surface area contributed by atoms with Crippen LogP contribution in [0.15, 0.2) is 29.6 Å². The lowest BCUT2D eigenvalue weighted by atomic mass is 10.1. The maximum absolute atomic E-state index is 10.8. The molecule has 112 valence electrons. The highest BCUT2D eigenvalue weighted by molar-refractivity contribution is 7.99. The first-order valence-corrected chi connectivity index (χ1v) is 8.02. The van der Waals surface area contributed by atoms with Gasteiger partial charge in [0.05, 0.1) is 27.7 Å². The maximum Gasteiger partial charge on any atom is 0.313 e. The molecule has 0 unspecified atom stereocenters. The van der Waals surface area contributed by atoms with Gasteiger partial charge in [-0.1, -0.05) is 54.9 Å². The van der Waals surface area contributed by atoms with Gasteiger partial charge in [0.1, 0.15) is 0 Å². The number of halogens is 2. The normalized spacial score (nSPS) is 11.1. The van der Waals surface area contributed by atoms with Crippen LogP contribution in [0.2, 0.25) is 10.0 Å². The summed E-state index contributed by atoms with van der Waals surface area (Å²) in [5.74, 6) is -0.739. The number of thioether (sulfide) groups is 1. The molecular formula is C14H14Cl2N2O2S. The molecule has 1 aromatic carbocycles. The molecule has 0 saturated heterocycles. The number of aliphatic carboxylic acids is 1. The first-order chi connectivity index (χ1) is 9.91. The van der Waals surface area contributed by atoms with Crippen molar-refractivity contribution in [2.24, 2.45) is 0 Å². The molecular weight excluding hydrogens is 331 g/mol. The molecule has 1 aromatic heterocycles. The standard InChI is InChI=1S/C14H14Cl2N2O2S/c1-8(2)11-6-17-14(21-7-12(19)20)18(11)10-5-3-4-9(15)13(10)16/h3-6,8H,7H2,1-2H3,(H,19,20). The highest BCUT2D eigenvalue weighted by Crippen LogP contribution is 2.34. The molecule has 2 rings (SSSR count). The minimum Gasteiger partial charge on any atom is -0.481 e. The second-order valence-electron chi connectivity index (χ2n) is 4.71. The van der Waals surface area contributed by atoms with Crippen LogP contribution in [0.1, 0.15) is 25.5 Å². The highest BCUT2D eigenvalue weighted by atomic mass is 35.5. The average molecular weight is 345 g/mol. The van der Waals surface area contributed by atoms with E-state index < -0.39 is 5.97 Å². The van der Waals surface area contributed by atoms with Gasteiger partial charge in [-0.2, -0.15) is 0 Å². The molecule has 1 heterocycles. The van der Waals surface area contributed by atoms with Gasteiger partial charge in [0.2, 0.25) is 0 Å². The fourth-order valence-electron chi connectivity index (χ4n) is 1.89. The minimum absolute atomic E-state index is 0.0628. The average Bonchev–Trinajstić information content (AvgIpc) is 2.83. The molecule has 0 amide bonds. The van der Waals surface area contributed by atoms with Crippen LogP contribution in [0.5, 0.6) is 0 Å². The van der Waals surface area contributed by atoms with Crippen molar-refractivity contribution in [3.05, 3.63) is 40.1 Å². The van der Waals surface area contributed by atoms with Crippen LogP contribution in [0.4, 0.5) is 0 Å². The molecule has 2 aromatic rings. The Bertz CT molecular complexity index is 671. The lowest BCUT2D eigenvalue weighted by Gasteiger charge is -2.15. The van der Waals surface area contributed by atoms with Gasteiger partial charge < -0.3 is 5.11 Å². The zero-order chi connectivity index (χ0) is 15.6. The van der Waals surface area contributed by atoms with E-state index in [9.17, 15) is 4.79 Å². The molecule has 0 fully saturated rings. The second-order valence-corrected chi connectivity index (χ2v) is 6.44. The van der Waals surface area contributed by atoms with Crippen molar-refractivity contribution in [3.8, 4) is 5.69 Å². The molecule has 4 nitrogen and oxygen atoms in total. The van der Waals surface area contributed by atoms with Crippen molar-refractivity contribution in [2.45, 2.75) is 24.9 Å². The predicted molar refractivity (Wildman–Crippen MR) is 86.0 cm³/mol. The fourth-order valence-corrected chi connectivity index (χ4v) is 2.98. The monoisotopic (exact) mass is 344 g/mol. The van der Waals surface area contributed by atoms with Crippen LogP contribution in [-0.4, -0.2) is 26.4 Å². The Morgan fingerprint density at radius 3 is 2.76 bits per heavy atom. The van der Waals surface area contributed by atoms with E-state index in [1.807, 2.05) is 24.5 Å². The largest absolute Gasteiger partial charge is 0.481 e. The number of hydrogen-bond donors (Lipinski definition) is 1. The number of carboxylic acids is 1. The van der Waals surface area contributed by atoms with Crippen molar-refractivity contribution in [2.75, 3.05) is 5.75 Å². The quantitative estimate of drug-likeness (QED) is 0.812. The number of benzene rings is 1. The van der Waals surface area contributed by atoms with E-state index in [0.29, 0.717) is 20.9 Å². The Morgan fingerprint density at radius 2 is 2.14 bits per heavy atom. The van der Waals surface area contributed by atoms with Gasteiger partial charge in [0.25, 0.3) is 0 Å². The predicted octanol–water partition coefficient (Wildman–Crippen LogP) is 4.48. The lowest BCUT2D eigenvalue weighted by molar-refractivity contribution is -0.133. The van der Waals surface area contributed by atoms with Crippen LogP contribution in [0.3, 0.4) is 0 Å². The molecule has 0 spiro atoms. The summed E-state index contributed by atoms with van der Waals surface area (Å²) in [4.78, 5) is 15.1. The van der Waals surface area contributed by atoms with Gasteiger partial charge in [-0.25, -0.2) is 4.98 Å². The third kappa shape index (κ3) is 3.54. The summed E-state index contributed by atoms with van der Waals surface area (Å²) >= 11 is 13.5. The Balaban J connectivity index is 2.55. The van der Waals surface area contributed by atoms with Gasteiger partial charge in [0, 0.05) is 5.69 Å². The Labute approximate surface area is 137 Å². The Hall–Kier alpha value is -1.17. The lowest BCUT2D eigenvalue weighted by Crippen LogP contribution is -2.06. The van der Waals surface area contributed by atoms with E-state index in [1.165, 1.54) is 0 Å². The van der Waals surface area contributed by atoms with Crippen LogP contribution in [-0.2, 0) is 4.79 Å². The van der Waals surface area contributed by atoms with Crippen molar-refractivity contribution in [3.63, 3.8) is 0 Å². The summed E-state index contributed by atoms with van der Waals surface area (Å²) in [7, 11) is 0. The smallest absolute Gasteiger partial charge is 0.313 e. The van der Waals surface area contributed by atoms with Gasteiger partial charge in [-0.3, -0.25) is 9.36 Å². The summed E-state index contributed by atoms with van der Waals surface area (Å²) in [6.45, 7) is 4.08. The van der Waals surface area contributed by atoms with Gasteiger partial charge in [-0.05, 0) is 18.1 Å². The summed E-state index contributed by atoms with van der Waals surface area (Å²) in [5, 5.41) is 10.3. The topological polar surface area (TPSA) is 55.1 Å². The maximum atomic E-state index is 10.8. The van der Waals surface area contributed by atoms with Crippen LogP contribution < -0.4 is 0 Å². The summed E-state index contributed by atoms with van der Waals surface area (Å²) < 4.78 is 1.87. The number of carbonyl (C=O) groups is 1. The van der Waals surface area contributed by atoms with Gasteiger partial charge >= 0.3 is 5.97 Å². The molecule has 0 atom stereocenters. The van der Waals surface area contributed by atoms with E-state index in [1.54, 1.807) is 18.3 Å². The van der Waals surface area contributed by atoms with Crippen molar-refractivity contribution < 1.29 is 9.90 Å². The Kier molecular flexibility index (Phi) is 5.19. The van der Waals surface area contributed by atoms with Crippen molar-refractivity contribution in [1.29, 1.82) is 0 Å². The third-order valence-corrected chi connectivity index (χ3v) is 4.59. The van der Waals surface area contributed by atoms with Crippen molar-refractivity contribution in [1.82, 2.24) is 9.55 Å². The van der Waals surface area contributed by atoms with E-state index in [0.717, 1.165) is 17.5 Å². The third-order valence-electron chi connectivity index (χ3n) is 2.85. The first-order valence-electron chi connectivity index (χ1n) is 6.28.